The molecule has 18 heavy (non-hydrogen) atoms. The Bertz CT molecular complexity index is 476. The van der Waals surface area contributed by atoms with Crippen molar-refractivity contribution in [2.45, 2.75) is 32.8 Å². The molecule has 3 aliphatic rings. The van der Waals surface area contributed by atoms with Crippen molar-refractivity contribution in [3.05, 3.63) is 24.3 Å². The first kappa shape index (κ1) is 11.7. The zero-order chi connectivity index (χ0) is 13.1. The number of ketones is 1. The second-order valence-electron chi connectivity index (χ2n) is 6.06. The van der Waals surface area contributed by atoms with Gasteiger partial charge in [0.1, 0.15) is 6.10 Å². The van der Waals surface area contributed by atoms with Gasteiger partial charge in [0.15, 0.2) is 5.78 Å². The molecular weight excluding hydrogens is 228 g/mol. The number of carbonyl (C=O) groups is 2. The van der Waals surface area contributed by atoms with Crippen LogP contribution >= 0.6 is 0 Å². The van der Waals surface area contributed by atoms with E-state index in [0.29, 0.717) is 0 Å². The van der Waals surface area contributed by atoms with Crippen LogP contribution in [0.15, 0.2) is 24.3 Å². The third kappa shape index (κ3) is 1.30. The lowest BCUT2D eigenvalue weighted by molar-refractivity contribution is -0.150. The molecule has 0 aromatic heterocycles. The lowest BCUT2D eigenvalue weighted by Gasteiger charge is -2.47. The first-order valence-corrected chi connectivity index (χ1v) is 6.57. The summed E-state index contributed by atoms with van der Waals surface area (Å²) in [6.45, 7) is 7.98. The summed E-state index contributed by atoms with van der Waals surface area (Å²) in [5.41, 5.74) is 0.492. The number of hydrogen-bond donors (Lipinski definition) is 0. The predicted molar refractivity (Wildman–Crippen MR) is 66.7 cm³/mol. The van der Waals surface area contributed by atoms with E-state index < -0.39 is 5.41 Å². The van der Waals surface area contributed by atoms with Crippen molar-refractivity contribution in [3.8, 4) is 0 Å². The van der Waals surface area contributed by atoms with Gasteiger partial charge in [-0.25, -0.2) is 0 Å². The third-order valence-electron chi connectivity index (χ3n) is 5.11. The van der Waals surface area contributed by atoms with Gasteiger partial charge in [0.2, 0.25) is 0 Å². The predicted octanol–water partition coefficient (Wildman–Crippen LogP) is 2.28. The number of carbonyl (C=O) groups excluding carboxylic acids is 2. The lowest BCUT2D eigenvalue weighted by atomic mass is 9.56. The van der Waals surface area contributed by atoms with E-state index in [0.717, 1.165) is 18.4 Å². The number of esters is 1. The molecule has 1 saturated heterocycles. The fourth-order valence-corrected chi connectivity index (χ4v) is 3.88. The zero-order valence-electron chi connectivity index (χ0n) is 10.8. The summed E-state index contributed by atoms with van der Waals surface area (Å²) < 4.78 is 5.55. The van der Waals surface area contributed by atoms with Crippen molar-refractivity contribution in [1.29, 1.82) is 0 Å². The van der Waals surface area contributed by atoms with Crippen molar-refractivity contribution >= 4 is 11.8 Å². The highest BCUT2D eigenvalue weighted by Gasteiger charge is 2.58. The average molecular weight is 246 g/mol. The minimum absolute atomic E-state index is 0.0392. The maximum atomic E-state index is 12.2. The van der Waals surface area contributed by atoms with E-state index >= 15 is 0 Å². The highest BCUT2D eigenvalue weighted by Crippen LogP contribution is 2.54. The Balaban J connectivity index is 2.04. The van der Waals surface area contributed by atoms with Gasteiger partial charge in [0.05, 0.1) is 5.92 Å². The Morgan fingerprint density at radius 3 is 2.83 bits per heavy atom. The topological polar surface area (TPSA) is 43.4 Å². The van der Waals surface area contributed by atoms with E-state index in [1.54, 1.807) is 12.2 Å². The molecule has 0 spiro atoms. The Labute approximate surface area is 107 Å². The van der Waals surface area contributed by atoms with E-state index in [2.05, 4.69) is 6.58 Å². The molecule has 1 aliphatic heterocycles. The fraction of sp³-hybridized carbons (Fsp3) is 0.600. The number of hydrogen-bond acceptors (Lipinski definition) is 3. The first-order valence-electron chi connectivity index (χ1n) is 6.57. The molecule has 3 heteroatoms. The molecule has 0 aromatic rings. The van der Waals surface area contributed by atoms with E-state index in [1.807, 2.05) is 13.8 Å². The zero-order valence-corrected chi connectivity index (χ0v) is 10.8. The van der Waals surface area contributed by atoms with Crippen molar-refractivity contribution in [1.82, 2.24) is 0 Å². The lowest BCUT2D eigenvalue weighted by Crippen LogP contribution is -2.50. The SMILES string of the molecule is C=C1C=CC(=O)[C@]2(C)CC[C@@H]3[C@H](OC(=O)[C@@H]3C)[C@@H]12. The second kappa shape index (κ2) is 3.56. The van der Waals surface area contributed by atoms with Crippen LogP contribution in [-0.2, 0) is 14.3 Å². The summed E-state index contributed by atoms with van der Waals surface area (Å²) in [5, 5.41) is 0. The molecule has 2 aliphatic carbocycles. The van der Waals surface area contributed by atoms with Gasteiger partial charge < -0.3 is 4.74 Å². The van der Waals surface area contributed by atoms with Crippen molar-refractivity contribution in [3.63, 3.8) is 0 Å². The van der Waals surface area contributed by atoms with E-state index in [1.165, 1.54) is 0 Å². The molecule has 96 valence electrons. The summed E-state index contributed by atoms with van der Waals surface area (Å²) in [7, 11) is 0. The normalized spacial score (nSPS) is 46.7. The Hall–Kier alpha value is -1.38. The van der Waals surface area contributed by atoms with Crippen LogP contribution in [0.4, 0.5) is 0 Å². The van der Waals surface area contributed by atoms with Crippen molar-refractivity contribution in [2.75, 3.05) is 0 Å². The van der Waals surface area contributed by atoms with Gasteiger partial charge in [-0.1, -0.05) is 26.5 Å². The Morgan fingerprint density at radius 2 is 2.11 bits per heavy atom. The molecule has 0 radical (unpaired) electrons. The average Bonchev–Trinajstić information content (AvgIpc) is 2.60. The van der Waals surface area contributed by atoms with E-state index in [-0.39, 0.29) is 35.6 Å². The minimum Gasteiger partial charge on any atom is -0.461 e. The molecule has 0 aromatic carbocycles. The molecule has 0 unspecified atom stereocenters. The van der Waals surface area contributed by atoms with E-state index in [9.17, 15) is 9.59 Å². The van der Waals surface area contributed by atoms with Crippen LogP contribution in [0.25, 0.3) is 0 Å². The molecule has 3 nitrogen and oxygen atoms in total. The standard InChI is InChI=1S/C15H18O3/c1-8-4-5-11(16)15(3)7-6-10-9(2)14(17)18-13(10)12(8)15/h4-5,9-10,12-13H,1,6-7H2,2-3H3/t9-,10+,12-,13+,15+/m1/s1. The second-order valence-corrected chi connectivity index (χ2v) is 6.06. The van der Waals surface area contributed by atoms with Gasteiger partial charge in [-0.05, 0) is 24.5 Å². The molecule has 1 saturated carbocycles. The number of ether oxygens (including phenoxy) is 1. The van der Waals surface area contributed by atoms with Crippen LogP contribution in [-0.4, -0.2) is 17.9 Å². The maximum absolute atomic E-state index is 12.2. The minimum atomic E-state index is -0.433. The van der Waals surface area contributed by atoms with Gasteiger partial charge >= 0.3 is 5.97 Å². The van der Waals surface area contributed by atoms with Crippen LogP contribution in [0.1, 0.15) is 26.7 Å². The van der Waals surface area contributed by atoms with E-state index in [4.69, 9.17) is 4.74 Å². The van der Waals surface area contributed by atoms with Gasteiger partial charge in [0.25, 0.3) is 0 Å². The van der Waals surface area contributed by atoms with Crippen LogP contribution < -0.4 is 0 Å². The fourth-order valence-electron chi connectivity index (χ4n) is 3.88. The van der Waals surface area contributed by atoms with Crippen LogP contribution in [0.5, 0.6) is 0 Å². The van der Waals surface area contributed by atoms with Crippen molar-refractivity contribution in [2.24, 2.45) is 23.2 Å². The summed E-state index contributed by atoms with van der Waals surface area (Å²) >= 11 is 0. The maximum Gasteiger partial charge on any atom is 0.309 e. The molecule has 2 fully saturated rings. The molecule has 0 N–H and O–H groups in total. The summed E-state index contributed by atoms with van der Waals surface area (Å²) in [6, 6.07) is 0. The van der Waals surface area contributed by atoms with Gasteiger partial charge in [-0.3, -0.25) is 9.59 Å². The number of fused-ring (bicyclic) bond motifs is 3. The quantitative estimate of drug-likeness (QED) is 0.616. The molecule has 0 bridgehead atoms. The molecule has 3 rings (SSSR count). The molecular formula is C15H18O3. The number of rotatable bonds is 0. The van der Waals surface area contributed by atoms with Crippen LogP contribution in [0.2, 0.25) is 0 Å². The molecule has 1 heterocycles. The Kier molecular flexibility index (Phi) is 2.31. The highest BCUT2D eigenvalue weighted by atomic mass is 16.6. The van der Waals surface area contributed by atoms with Crippen LogP contribution in [0, 0.1) is 23.2 Å². The van der Waals surface area contributed by atoms with Gasteiger partial charge in [-0.15, -0.1) is 0 Å². The monoisotopic (exact) mass is 246 g/mol. The highest BCUT2D eigenvalue weighted by molar-refractivity contribution is 5.97. The smallest absolute Gasteiger partial charge is 0.309 e. The summed E-state index contributed by atoms with van der Waals surface area (Å²) in [4.78, 5) is 23.9. The largest absolute Gasteiger partial charge is 0.461 e. The Morgan fingerprint density at radius 1 is 1.39 bits per heavy atom. The first-order chi connectivity index (χ1) is 8.45. The van der Waals surface area contributed by atoms with Gasteiger partial charge in [0, 0.05) is 17.3 Å². The van der Waals surface area contributed by atoms with Crippen molar-refractivity contribution < 1.29 is 14.3 Å². The number of allylic oxidation sites excluding steroid dienone is 2. The summed E-state index contributed by atoms with van der Waals surface area (Å²) in [5.74, 6) is 0.181. The summed E-state index contributed by atoms with van der Waals surface area (Å²) in [6.07, 6.45) is 4.96. The molecule has 5 atom stereocenters. The van der Waals surface area contributed by atoms with Gasteiger partial charge in [-0.2, -0.15) is 0 Å². The van der Waals surface area contributed by atoms with Crippen LogP contribution in [0.3, 0.4) is 0 Å². The molecule has 0 amide bonds. The third-order valence-corrected chi connectivity index (χ3v) is 5.11.